The number of benzene rings is 1. The number of aromatic nitrogens is 4. The molecule has 0 bridgehead atoms. The minimum Gasteiger partial charge on any atom is -0.389 e. The molecule has 1 aliphatic carbocycles. The predicted octanol–water partition coefficient (Wildman–Crippen LogP) is 6.28. The van der Waals surface area contributed by atoms with Gasteiger partial charge in [-0.05, 0) is 77.7 Å². The number of carbonyl (C=O) groups excluding carboxylic acids is 1. The van der Waals surface area contributed by atoms with Crippen molar-refractivity contribution >= 4 is 22.4 Å². The van der Waals surface area contributed by atoms with Crippen LogP contribution in [0.3, 0.4) is 0 Å². The van der Waals surface area contributed by atoms with E-state index in [9.17, 15) is 9.90 Å². The van der Waals surface area contributed by atoms with Gasteiger partial charge in [-0.15, -0.1) is 11.3 Å². The molecule has 0 unspecified atom stereocenters. The Labute approximate surface area is 239 Å². The van der Waals surface area contributed by atoms with Gasteiger partial charge >= 0.3 is 0 Å². The number of thiazole rings is 1. The molecule has 0 aliphatic heterocycles. The summed E-state index contributed by atoms with van der Waals surface area (Å²) in [6.45, 7) is 10.8. The molecule has 9 heteroatoms. The van der Waals surface area contributed by atoms with Crippen LogP contribution in [0.25, 0.3) is 22.5 Å². The van der Waals surface area contributed by atoms with Gasteiger partial charge in [0.25, 0.3) is 5.91 Å². The number of hydrogen-bond acceptors (Lipinski definition) is 6. The first-order valence-corrected chi connectivity index (χ1v) is 14.6. The van der Waals surface area contributed by atoms with Crippen molar-refractivity contribution in [1.82, 2.24) is 24.6 Å². The van der Waals surface area contributed by atoms with Gasteiger partial charge in [0.15, 0.2) is 5.13 Å². The number of nitrogens with zero attached hydrogens (tertiary/aromatic N) is 4. The predicted molar refractivity (Wildman–Crippen MR) is 161 cm³/mol. The number of hydrogen-bond donors (Lipinski definition) is 3. The van der Waals surface area contributed by atoms with Crippen LogP contribution in [0.4, 0.5) is 5.13 Å². The SMILES string of the molecule is CC(C)(O)Cn1ccc(-c2cccc(-c3csc(NC(CNC(=O)c4ccn(C(C)(C)C)c4)=C4CCC4)n3)c2)n1. The van der Waals surface area contributed by atoms with E-state index in [-0.39, 0.29) is 11.4 Å². The quantitative estimate of drug-likeness (QED) is 0.225. The maximum atomic E-state index is 12.9. The molecule has 1 saturated carbocycles. The minimum atomic E-state index is -0.829. The van der Waals surface area contributed by atoms with Gasteiger partial charge in [0.2, 0.25) is 0 Å². The Bertz CT molecular complexity index is 1520. The number of allylic oxidation sites excluding steroid dienone is 1. The number of amides is 1. The van der Waals surface area contributed by atoms with Gasteiger partial charge in [-0.1, -0.05) is 18.2 Å². The highest BCUT2D eigenvalue weighted by molar-refractivity contribution is 7.14. The van der Waals surface area contributed by atoms with Crippen molar-refractivity contribution in [3.8, 4) is 22.5 Å². The van der Waals surface area contributed by atoms with Gasteiger partial charge in [0.05, 0.1) is 35.6 Å². The molecule has 1 amide bonds. The number of aliphatic hydroxyl groups is 1. The molecule has 0 radical (unpaired) electrons. The average Bonchev–Trinajstić information content (AvgIpc) is 3.61. The maximum absolute atomic E-state index is 12.9. The van der Waals surface area contributed by atoms with E-state index >= 15 is 0 Å². The maximum Gasteiger partial charge on any atom is 0.253 e. The highest BCUT2D eigenvalue weighted by atomic mass is 32.1. The van der Waals surface area contributed by atoms with E-state index in [1.165, 1.54) is 12.0 Å². The van der Waals surface area contributed by atoms with Crippen LogP contribution in [0.1, 0.15) is 64.2 Å². The molecule has 1 aliphatic rings. The summed E-state index contributed by atoms with van der Waals surface area (Å²) in [7, 11) is 0. The van der Waals surface area contributed by atoms with Crippen molar-refractivity contribution in [1.29, 1.82) is 0 Å². The van der Waals surface area contributed by atoms with Crippen molar-refractivity contribution in [2.75, 3.05) is 11.9 Å². The molecule has 1 fully saturated rings. The van der Waals surface area contributed by atoms with Crippen LogP contribution in [0, 0.1) is 0 Å². The molecular formula is C31H38N6O2S. The lowest BCUT2D eigenvalue weighted by Gasteiger charge is -2.23. The Balaban J connectivity index is 1.26. The fourth-order valence-corrected chi connectivity index (χ4v) is 5.31. The molecule has 5 rings (SSSR count). The lowest BCUT2D eigenvalue weighted by atomic mass is 9.90. The highest BCUT2D eigenvalue weighted by Crippen LogP contribution is 2.32. The van der Waals surface area contributed by atoms with Gasteiger partial charge in [0, 0.05) is 46.3 Å². The van der Waals surface area contributed by atoms with E-state index in [2.05, 4.69) is 47.1 Å². The smallest absolute Gasteiger partial charge is 0.253 e. The molecule has 1 aromatic carbocycles. The molecule has 8 nitrogen and oxygen atoms in total. The monoisotopic (exact) mass is 558 g/mol. The first-order chi connectivity index (χ1) is 18.9. The second-order valence-corrected chi connectivity index (χ2v) is 12.9. The third-order valence-corrected chi connectivity index (χ3v) is 7.70. The fraction of sp³-hybridized carbons (Fsp3) is 0.387. The minimum absolute atomic E-state index is 0.0695. The van der Waals surface area contributed by atoms with Gasteiger partial charge in [0.1, 0.15) is 0 Å². The summed E-state index contributed by atoms with van der Waals surface area (Å²) in [4.78, 5) is 17.7. The first kappa shape index (κ1) is 27.9. The lowest BCUT2D eigenvalue weighted by Crippen LogP contribution is -2.29. The van der Waals surface area contributed by atoms with Gasteiger partial charge in [-0.2, -0.15) is 5.10 Å². The van der Waals surface area contributed by atoms with E-state index < -0.39 is 5.60 Å². The van der Waals surface area contributed by atoms with Crippen LogP contribution in [-0.4, -0.2) is 42.5 Å². The number of carbonyl (C=O) groups is 1. The molecule has 4 aromatic rings. The fourth-order valence-electron chi connectivity index (χ4n) is 4.56. The summed E-state index contributed by atoms with van der Waals surface area (Å²) in [6, 6.07) is 12.0. The standard InChI is InChI=1S/C31H38N6O2S/c1-30(2,3)36-14-12-24(18-36)28(38)32-17-26(21-8-6-9-21)33-29-34-27(19-40-29)23-11-7-10-22(16-23)25-13-15-37(35-25)20-31(4,5)39/h7,10-16,18-19,39H,6,8-9,17,20H2,1-5H3,(H,32,38)(H,33,34). The number of anilines is 1. The number of nitrogens with one attached hydrogen (secondary N) is 2. The zero-order valence-corrected chi connectivity index (χ0v) is 24.7. The molecule has 0 saturated heterocycles. The summed E-state index contributed by atoms with van der Waals surface area (Å²) in [6.07, 6.45) is 8.99. The normalized spacial score (nSPS) is 13.7. The van der Waals surface area contributed by atoms with Crippen molar-refractivity contribution in [3.05, 3.63) is 77.2 Å². The number of rotatable bonds is 9. The third kappa shape index (κ3) is 6.71. The summed E-state index contributed by atoms with van der Waals surface area (Å²) in [5, 5.41) is 24.2. The van der Waals surface area contributed by atoms with Crippen LogP contribution in [0.5, 0.6) is 0 Å². The topological polar surface area (TPSA) is 97.0 Å². The van der Waals surface area contributed by atoms with E-state index in [1.807, 2.05) is 54.3 Å². The van der Waals surface area contributed by atoms with Crippen LogP contribution in [-0.2, 0) is 12.1 Å². The Kier molecular flexibility index (Phi) is 7.70. The Hall–Kier alpha value is -3.69. The van der Waals surface area contributed by atoms with Crippen LogP contribution in [0.2, 0.25) is 0 Å². The van der Waals surface area contributed by atoms with Gasteiger partial charge in [-0.25, -0.2) is 4.98 Å². The molecule has 0 atom stereocenters. The second kappa shape index (κ2) is 11.1. The largest absolute Gasteiger partial charge is 0.389 e. The molecule has 3 aromatic heterocycles. The highest BCUT2D eigenvalue weighted by Gasteiger charge is 2.19. The van der Waals surface area contributed by atoms with E-state index in [4.69, 9.17) is 4.98 Å². The third-order valence-electron chi connectivity index (χ3n) is 6.94. The molecule has 3 N–H and O–H groups in total. The summed E-state index contributed by atoms with van der Waals surface area (Å²) < 4.78 is 3.82. The summed E-state index contributed by atoms with van der Waals surface area (Å²) in [5.41, 5.74) is 5.87. The summed E-state index contributed by atoms with van der Waals surface area (Å²) >= 11 is 1.55. The van der Waals surface area contributed by atoms with Gasteiger partial charge < -0.3 is 20.3 Å². The van der Waals surface area contributed by atoms with E-state index in [0.29, 0.717) is 18.7 Å². The Morgan fingerprint density at radius 1 is 1.05 bits per heavy atom. The van der Waals surface area contributed by atoms with Crippen molar-refractivity contribution in [2.45, 2.75) is 71.6 Å². The second-order valence-electron chi connectivity index (χ2n) is 12.1. The van der Waals surface area contributed by atoms with Crippen LogP contribution < -0.4 is 10.6 Å². The van der Waals surface area contributed by atoms with Crippen LogP contribution in [0.15, 0.2) is 71.6 Å². The molecule has 3 heterocycles. The zero-order valence-electron chi connectivity index (χ0n) is 23.9. The Morgan fingerprint density at radius 3 is 2.45 bits per heavy atom. The van der Waals surface area contributed by atoms with E-state index in [0.717, 1.165) is 46.2 Å². The Morgan fingerprint density at radius 2 is 1.80 bits per heavy atom. The van der Waals surface area contributed by atoms with Crippen molar-refractivity contribution < 1.29 is 9.90 Å². The zero-order chi connectivity index (χ0) is 28.5. The lowest BCUT2D eigenvalue weighted by molar-refractivity contribution is 0.0578. The van der Waals surface area contributed by atoms with Gasteiger partial charge in [-0.3, -0.25) is 9.48 Å². The molecular weight excluding hydrogens is 520 g/mol. The molecule has 0 spiro atoms. The van der Waals surface area contributed by atoms with Crippen LogP contribution >= 0.6 is 11.3 Å². The molecule has 210 valence electrons. The average molecular weight is 559 g/mol. The molecule has 40 heavy (non-hydrogen) atoms. The van der Waals surface area contributed by atoms with Crippen molar-refractivity contribution in [2.24, 2.45) is 0 Å². The first-order valence-electron chi connectivity index (χ1n) is 13.7. The van der Waals surface area contributed by atoms with Crippen molar-refractivity contribution in [3.63, 3.8) is 0 Å². The summed E-state index contributed by atoms with van der Waals surface area (Å²) in [5.74, 6) is -0.0798. The van der Waals surface area contributed by atoms with E-state index in [1.54, 1.807) is 29.9 Å².